The summed E-state index contributed by atoms with van der Waals surface area (Å²) in [7, 11) is 0. The summed E-state index contributed by atoms with van der Waals surface area (Å²) < 4.78 is 34.5. The van der Waals surface area contributed by atoms with Crippen LogP contribution in [0.5, 0.6) is 0 Å². The van der Waals surface area contributed by atoms with Gasteiger partial charge in [-0.25, -0.2) is 0 Å². The first-order valence-electron chi connectivity index (χ1n) is 44.4. The van der Waals surface area contributed by atoms with Crippen LogP contribution >= 0.6 is 0 Å². The highest BCUT2D eigenvalue weighted by Gasteiger charge is 2.54. The molecular weight excluding hydrogens is 1360 g/mol. The fraction of sp³-hybridized carbons (Fsp3) is 0.898. The van der Waals surface area contributed by atoms with Crippen LogP contribution in [0.1, 0.15) is 373 Å². The van der Waals surface area contributed by atoms with Crippen LogP contribution < -0.4 is 5.32 Å². The number of rotatable bonds is 72. The molecule has 0 radical (unpaired) electrons. The van der Waals surface area contributed by atoms with Crippen molar-refractivity contribution >= 4 is 5.91 Å². The minimum atomic E-state index is -1.98. The van der Waals surface area contributed by atoms with E-state index in [0.29, 0.717) is 6.42 Å². The summed E-state index contributed by atoms with van der Waals surface area (Å²) >= 11 is 0. The molecule has 17 unspecified atom stereocenters. The number of carbonyl (C=O) groups is 1. The molecule has 3 aliphatic heterocycles. The first kappa shape index (κ1) is 98.9. The number of hydrogen-bond acceptors (Lipinski definition) is 18. The molecule has 1 amide bonds. The maximum Gasteiger partial charge on any atom is 0.220 e. The second-order valence-electron chi connectivity index (χ2n) is 31.7. The molecular formula is C88H163NO18. The van der Waals surface area contributed by atoms with Gasteiger partial charge in [0.1, 0.15) is 73.2 Å². The largest absolute Gasteiger partial charge is 0.394 e. The summed E-state index contributed by atoms with van der Waals surface area (Å²) in [6.45, 7) is 1.78. The molecule has 0 aromatic carbocycles. The highest BCUT2D eigenvalue weighted by atomic mass is 16.8. The fourth-order valence-electron chi connectivity index (χ4n) is 15.0. The average molecular weight is 1520 g/mol. The van der Waals surface area contributed by atoms with Crippen LogP contribution in [0.25, 0.3) is 0 Å². The summed E-state index contributed by atoms with van der Waals surface area (Å²) in [5.74, 6) is -0.268. The Hall–Kier alpha value is -2.25. The van der Waals surface area contributed by atoms with E-state index in [4.69, 9.17) is 28.4 Å². The van der Waals surface area contributed by atoms with Gasteiger partial charge in [-0.3, -0.25) is 4.79 Å². The van der Waals surface area contributed by atoms with Gasteiger partial charge >= 0.3 is 0 Å². The van der Waals surface area contributed by atoms with E-state index >= 15 is 0 Å². The summed E-state index contributed by atoms with van der Waals surface area (Å²) in [6.07, 6.45) is 61.2. The summed E-state index contributed by atoms with van der Waals surface area (Å²) in [6, 6.07) is -0.974. The second kappa shape index (κ2) is 68.2. The molecule has 3 saturated heterocycles. The lowest BCUT2D eigenvalue weighted by molar-refractivity contribution is -0.379. The first-order chi connectivity index (χ1) is 52.3. The van der Waals surface area contributed by atoms with E-state index in [1.165, 1.54) is 289 Å². The average Bonchev–Trinajstić information content (AvgIpc) is 0.781. The molecule has 0 spiro atoms. The minimum absolute atomic E-state index is 0.247. The van der Waals surface area contributed by atoms with Gasteiger partial charge in [0.15, 0.2) is 18.9 Å². The van der Waals surface area contributed by atoms with Gasteiger partial charge < -0.3 is 89.9 Å². The van der Waals surface area contributed by atoms with E-state index in [1.807, 2.05) is 6.08 Å². The number of aliphatic hydroxyl groups is 11. The molecule has 0 bridgehead atoms. The van der Waals surface area contributed by atoms with E-state index < -0.39 is 124 Å². The molecule has 0 aromatic heterocycles. The number of nitrogens with one attached hydrogen (secondary N) is 1. The summed E-state index contributed by atoms with van der Waals surface area (Å²) in [5.41, 5.74) is 0. The molecule has 17 atom stereocenters. The quantitative estimate of drug-likeness (QED) is 0.0199. The van der Waals surface area contributed by atoms with Crippen molar-refractivity contribution in [2.24, 2.45) is 0 Å². The number of allylic oxidation sites excluding steroid dienone is 7. The highest BCUT2D eigenvalue weighted by molar-refractivity contribution is 5.76. The molecule has 19 nitrogen and oxygen atoms in total. The Balaban J connectivity index is 1.31. The van der Waals surface area contributed by atoms with Crippen molar-refractivity contribution in [2.45, 2.75) is 478 Å². The monoisotopic (exact) mass is 1520 g/mol. The highest BCUT2D eigenvalue weighted by Crippen LogP contribution is 2.34. The van der Waals surface area contributed by atoms with Crippen molar-refractivity contribution < 1.29 is 89.4 Å². The Morgan fingerprint density at radius 2 is 0.617 bits per heavy atom. The number of ether oxygens (including phenoxy) is 6. The van der Waals surface area contributed by atoms with Gasteiger partial charge in [-0.05, 0) is 57.8 Å². The third-order valence-electron chi connectivity index (χ3n) is 22.1. The molecule has 3 aliphatic rings. The molecule has 3 heterocycles. The van der Waals surface area contributed by atoms with Crippen LogP contribution in [-0.2, 0) is 33.2 Å². The van der Waals surface area contributed by atoms with E-state index in [1.54, 1.807) is 6.08 Å². The van der Waals surface area contributed by atoms with Gasteiger partial charge in [-0.2, -0.15) is 0 Å². The Morgan fingerprint density at radius 1 is 0.336 bits per heavy atom. The van der Waals surface area contributed by atoms with Crippen LogP contribution in [0.4, 0.5) is 0 Å². The van der Waals surface area contributed by atoms with Crippen LogP contribution in [-0.4, -0.2) is 193 Å². The first-order valence-corrected chi connectivity index (χ1v) is 44.4. The number of unbranched alkanes of at least 4 members (excludes halogenated alkanes) is 50. The topological polar surface area (TPSA) is 307 Å². The Labute approximate surface area is 650 Å². The van der Waals surface area contributed by atoms with Gasteiger partial charge in [0.2, 0.25) is 5.91 Å². The van der Waals surface area contributed by atoms with E-state index in [2.05, 4.69) is 55.6 Å². The lowest BCUT2D eigenvalue weighted by atomic mass is 9.96. The van der Waals surface area contributed by atoms with Gasteiger partial charge in [0.05, 0.1) is 38.6 Å². The molecule has 12 N–H and O–H groups in total. The predicted molar refractivity (Wildman–Crippen MR) is 429 cm³/mol. The Morgan fingerprint density at radius 3 is 0.963 bits per heavy atom. The number of amides is 1. The zero-order chi connectivity index (χ0) is 77.4. The Bertz CT molecular complexity index is 2120. The standard InChI is InChI=1S/C88H163NO18/c1-3-5-7-9-11-13-15-17-19-21-23-25-27-28-29-30-31-32-33-34-35-36-37-38-39-40-41-42-44-46-48-50-52-54-56-58-60-62-64-66-76(94)89-71(72(93)65-63-61-59-57-55-53-51-49-47-45-43-26-24-22-20-18-16-14-12-10-8-6-4-2)70-102-86-82(100)79(97)84(74(68-91)104-86)107-88-83(101)80(98)85(75(69-92)105-88)106-87-81(99)78(96)77(95)73(67-90)103-87/h15,17,21,23,27-28,63,65,71-75,77-88,90-93,95-101H,3-14,16,18-20,22,24-26,29-62,64,66-70H2,1-2H3,(H,89,94)/b17-15-,23-21-,28-27-,65-63+. The van der Waals surface area contributed by atoms with Crippen LogP contribution in [0.3, 0.4) is 0 Å². The molecule has 0 aromatic rings. The van der Waals surface area contributed by atoms with Gasteiger partial charge in [-0.1, -0.05) is 358 Å². The maximum absolute atomic E-state index is 13.5. The lowest BCUT2D eigenvalue weighted by Gasteiger charge is -2.48. The lowest BCUT2D eigenvalue weighted by Crippen LogP contribution is -2.66. The summed E-state index contributed by atoms with van der Waals surface area (Å²) in [5, 5.41) is 121. The molecule has 3 fully saturated rings. The van der Waals surface area contributed by atoms with Gasteiger partial charge in [0.25, 0.3) is 0 Å². The maximum atomic E-state index is 13.5. The van der Waals surface area contributed by atoms with Crippen molar-refractivity contribution in [1.82, 2.24) is 5.32 Å². The zero-order valence-corrected chi connectivity index (χ0v) is 67.6. The molecule has 3 rings (SSSR count). The van der Waals surface area contributed by atoms with Crippen molar-refractivity contribution in [3.8, 4) is 0 Å². The van der Waals surface area contributed by atoms with Gasteiger partial charge in [0, 0.05) is 6.42 Å². The van der Waals surface area contributed by atoms with Gasteiger partial charge in [-0.15, -0.1) is 0 Å². The van der Waals surface area contributed by atoms with Crippen molar-refractivity contribution in [1.29, 1.82) is 0 Å². The van der Waals surface area contributed by atoms with Crippen LogP contribution in [0.15, 0.2) is 48.6 Å². The number of carbonyl (C=O) groups excluding carboxylic acids is 1. The third kappa shape index (κ3) is 47.3. The van der Waals surface area contributed by atoms with E-state index in [9.17, 15) is 61.0 Å². The molecule has 0 saturated carbocycles. The second-order valence-corrected chi connectivity index (χ2v) is 31.7. The van der Waals surface area contributed by atoms with Crippen molar-refractivity contribution in [3.05, 3.63) is 48.6 Å². The minimum Gasteiger partial charge on any atom is -0.394 e. The van der Waals surface area contributed by atoms with Crippen LogP contribution in [0, 0.1) is 0 Å². The SMILES string of the molecule is CCCCCCC/C=C\C/C=C\C/C=C\CCCCCCCCCCCCCCCCCCCCCCCCCCC(=O)NC(COC1OC(CO)C(OC2OC(CO)C(OC3OC(CO)C(O)C(O)C3O)C(O)C2O)C(O)C1O)C(O)/C=C/CCCCCCCCCCCCCCCCCCCCCCC. The van der Waals surface area contributed by atoms with Crippen LogP contribution in [0.2, 0.25) is 0 Å². The molecule has 628 valence electrons. The molecule has 0 aliphatic carbocycles. The van der Waals surface area contributed by atoms with E-state index in [0.717, 1.165) is 57.8 Å². The zero-order valence-electron chi connectivity index (χ0n) is 67.6. The summed E-state index contributed by atoms with van der Waals surface area (Å²) in [4.78, 5) is 13.5. The molecule has 19 heteroatoms. The fourth-order valence-corrected chi connectivity index (χ4v) is 15.0. The number of hydrogen-bond donors (Lipinski definition) is 12. The normalized spacial score (nSPS) is 25.7. The molecule has 107 heavy (non-hydrogen) atoms. The van der Waals surface area contributed by atoms with Crippen molar-refractivity contribution in [3.63, 3.8) is 0 Å². The Kier molecular flexibility index (Phi) is 63.0. The third-order valence-corrected chi connectivity index (χ3v) is 22.1. The predicted octanol–water partition coefficient (Wildman–Crippen LogP) is 16.4. The number of aliphatic hydroxyl groups excluding tert-OH is 11. The van der Waals surface area contributed by atoms with E-state index in [-0.39, 0.29) is 18.9 Å². The van der Waals surface area contributed by atoms with Crippen molar-refractivity contribution in [2.75, 3.05) is 26.4 Å². The smallest absolute Gasteiger partial charge is 0.220 e.